The van der Waals surface area contributed by atoms with Crippen LogP contribution in [0.3, 0.4) is 0 Å². The normalized spacial score (nSPS) is 14.8. The highest BCUT2D eigenvalue weighted by Gasteiger charge is 2.36. The Hall–Kier alpha value is -1.88. The van der Waals surface area contributed by atoms with Crippen molar-refractivity contribution in [3.8, 4) is 0 Å². The Morgan fingerprint density at radius 3 is 1.03 bits per heavy atom. The largest absolute Gasteiger partial charge is 0.245 e. The molecular weight excluding hydrogens is 511 g/mol. The van der Waals surface area contributed by atoms with Crippen LogP contribution in [0, 0.1) is 13.8 Å². The SMILES string of the molecule is Cc1ccc(C(C)(SOSC(C)(c2ccc(C)cc2)c2ccc(Cl)cc2)c2ccc(Cl)cc2)cc1. The molecule has 35 heavy (non-hydrogen) atoms. The van der Waals surface area contributed by atoms with Crippen LogP contribution in [0.2, 0.25) is 10.0 Å². The number of rotatable bonds is 8. The van der Waals surface area contributed by atoms with E-state index in [1.807, 2.05) is 24.3 Å². The van der Waals surface area contributed by atoms with E-state index in [4.69, 9.17) is 26.8 Å². The average molecular weight is 540 g/mol. The van der Waals surface area contributed by atoms with E-state index in [1.165, 1.54) is 46.3 Å². The van der Waals surface area contributed by atoms with Crippen LogP contribution in [-0.2, 0) is 13.1 Å². The number of benzene rings is 4. The molecule has 5 heteroatoms. The molecule has 0 saturated carbocycles. The molecule has 4 aromatic rings. The lowest BCUT2D eigenvalue weighted by Crippen LogP contribution is -2.22. The fourth-order valence-electron chi connectivity index (χ4n) is 3.96. The second-order valence-corrected chi connectivity index (χ2v) is 12.4. The van der Waals surface area contributed by atoms with Gasteiger partial charge in [-0.15, -0.1) is 0 Å². The van der Waals surface area contributed by atoms with Crippen LogP contribution in [0.4, 0.5) is 0 Å². The fraction of sp³-hybridized carbons (Fsp3) is 0.200. The third-order valence-electron chi connectivity index (χ3n) is 6.40. The molecule has 0 N–H and O–H groups in total. The molecule has 0 aromatic heterocycles. The molecule has 0 spiro atoms. The van der Waals surface area contributed by atoms with Gasteiger partial charge in [-0.05, 0) is 74.2 Å². The van der Waals surface area contributed by atoms with Crippen LogP contribution in [-0.4, -0.2) is 0 Å². The first kappa shape index (κ1) is 26.2. The quantitative estimate of drug-likeness (QED) is 0.206. The van der Waals surface area contributed by atoms with Gasteiger partial charge in [0.05, 0.1) is 9.49 Å². The average Bonchev–Trinajstić information content (AvgIpc) is 2.85. The summed E-state index contributed by atoms with van der Waals surface area (Å²) in [6, 6.07) is 33.3. The van der Waals surface area contributed by atoms with E-state index < -0.39 is 9.49 Å². The van der Waals surface area contributed by atoms with Crippen molar-refractivity contribution in [2.45, 2.75) is 37.2 Å². The smallest absolute Gasteiger partial charge is 0.0904 e. The van der Waals surface area contributed by atoms with Crippen LogP contribution < -0.4 is 0 Å². The molecule has 0 bridgehead atoms. The van der Waals surface area contributed by atoms with Crippen LogP contribution in [0.15, 0.2) is 97.1 Å². The summed E-state index contributed by atoms with van der Waals surface area (Å²) in [4.78, 5) is 0. The summed E-state index contributed by atoms with van der Waals surface area (Å²) < 4.78 is 5.61. The maximum absolute atomic E-state index is 6.47. The molecule has 2 unspecified atom stereocenters. The Morgan fingerprint density at radius 2 is 0.743 bits per heavy atom. The molecule has 4 rings (SSSR count). The molecular formula is C30H28Cl2OS2. The van der Waals surface area contributed by atoms with Crippen LogP contribution >= 0.6 is 47.3 Å². The minimum Gasteiger partial charge on any atom is -0.245 e. The van der Waals surface area contributed by atoms with Crippen molar-refractivity contribution in [1.29, 1.82) is 0 Å². The van der Waals surface area contributed by atoms with Gasteiger partial charge in [0.1, 0.15) is 0 Å². The third-order valence-corrected chi connectivity index (χ3v) is 9.05. The van der Waals surface area contributed by atoms with Gasteiger partial charge in [-0.25, -0.2) is 3.63 Å². The van der Waals surface area contributed by atoms with Crippen molar-refractivity contribution in [3.63, 3.8) is 0 Å². The lowest BCUT2D eigenvalue weighted by Gasteiger charge is -2.33. The van der Waals surface area contributed by atoms with Crippen molar-refractivity contribution >= 4 is 47.3 Å². The van der Waals surface area contributed by atoms with Crippen LogP contribution in [0.5, 0.6) is 0 Å². The zero-order valence-electron chi connectivity index (χ0n) is 20.2. The molecule has 0 aliphatic rings. The standard InChI is InChI=1S/C30H28Cl2OS2/c1-21-5-9-23(10-6-21)29(3,25-13-17-27(31)18-14-25)34-33-35-30(4,24-11-7-22(2)8-12-24)26-15-19-28(32)20-16-26/h5-20H,1-4H3. The summed E-state index contributed by atoms with van der Waals surface area (Å²) in [6.07, 6.45) is 0. The number of hydrogen-bond acceptors (Lipinski definition) is 3. The zero-order valence-corrected chi connectivity index (χ0v) is 23.4. The minimum atomic E-state index is -0.431. The first-order valence-corrected chi connectivity index (χ1v) is 13.6. The second kappa shape index (κ2) is 11.0. The highest BCUT2D eigenvalue weighted by Crippen LogP contribution is 2.50. The Bertz CT molecular complexity index is 1060. The monoisotopic (exact) mass is 538 g/mol. The van der Waals surface area contributed by atoms with Gasteiger partial charge in [0.2, 0.25) is 0 Å². The molecule has 1 nitrogen and oxygen atoms in total. The van der Waals surface area contributed by atoms with Gasteiger partial charge < -0.3 is 0 Å². The molecule has 0 amide bonds. The van der Waals surface area contributed by atoms with E-state index in [0.717, 1.165) is 21.2 Å². The highest BCUT2D eigenvalue weighted by molar-refractivity contribution is 8.08. The van der Waals surface area contributed by atoms with Crippen molar-refractivity contribution < 1.29 is 3.63 Å². The molecule has 4 aromatic carbocycles. The number of halogens is 2. The van der Waals surface area contributed by atoms with Crippen molar-refractivity contribution in [3.05, 3.63) is 140 Å². The lowest BCUT2D eigenvalue weighted by molar-refractivity contribution is 0.672. The third kappa shape index (κ3) is 5.93. The summed E-state index contributed by atoms with van der Waals surface area (Å²) >= 11 is 15.3. The van der Waals surface area contributed by atoms with Gasteiger partial charge in [-0.3, -0.25) is 0 Å². The van der Waals surface area contributed by atoms with Gasteiger partial charge >= 0.3 is 0 Å². The molecule has 2 atom stereocenters. The van der Waals surface area contributed by atoms with E-state index in [1.54, 1.807) is 0 Å². The summed E-state index contributed by atoms with van der Waals surface area (Å²) in [5, 5.41) is 1.44. The van der Waals surface area contributed by atoms with E-state index in [9.17, 15) is 0 Å². The molecule has 0 aliphatic heterocycles. The van der Waals surface area contributed by atoms with E-state index in [-0.39, 0.29) is 0 Å². The molecule has 180 valence electrons. The predicted octanol–water partition coefficient (Wildman–Crippen LogP) is 10.2. The Morgan fingerprint density at radius 1 is 0.486 bits per heavy atom. The van der Waals surface area contributed by atoms with Gasteiger partial charge in [-0.1, -0.05) is 107 Å². The Balaban J connectivity index is 1.67. The van der Waals surface area contributed by atoms with Gasteiger partial charge in [0, 0.05) is 34.1 Å². The second-order valence-electron chi connectivity index (χ2n) is 9.05. The number of hydrogen-bond donors (Lipinski definition) is 0. The highest BCUT2D eigenvalue weighted by atomic mass is 35.5. The van der Waals surface area contributed by atoms with Crippen LogP contribution in [0.25, 0.3) is 0 Å². The summed E-state index contributed by atoms with van der Waals surface area (Å²) in [5.41, 5.74) is 7.03. The zero-order chi connectivity index (χ0) is 25.1. The van der Waals surface area contributed by atoms with Crippen LogP contribution in [0.1, 0.15) is 47.2 Å². The maximum atomic E-state index is 6.47. The fourth-order valence-corrected chi connectivity index (χ4v) is 6.36. The number of aryl methyl sites for hydroxylation is 2. The molecule has 0 fully saturated rings. The first-order valence-electron chi connectivity index (χ1n) is 11.4. The maximum Gasteiger partial charge on any atom is 0.0904 e. The van der Waals surface area contributed by atoms with Gasteiger partial charge in [0.15, 0.2) is 0 Å². The molecule has 0 heterocycles. The lowest BCUT2D eigenvalue weighted by atomic mass is 9.91. The van der Waals surface area contributed by atoms with E-state index in [0.29, 0.717) is 0 Å². The Labute approximate surface area is 227 Å². The minimum absolute atomic E-state index is 0.431. The first-order chi connectivity index (χ1) is 16.7. The summed E-state index contributed by atoms with van der Waals surface area (Å²) in [6.45, 7) is 8.58. The summed E-state index contributed by atoms with van der Waals surface area (Å²) in [7, 11) is 0. The predicted molar refractivity (Wildman–Crippen MR) is 154 cm³/mol. The van der Waals surface area contributed by atoms with E-state index in [2.05, 4.69) is 100 Å². The molecule has 0 aliphatic carbocycles. The molecule has 0 saturated heterocycles. The van der Waals surface area contributed by atoms with Gasteiger partial charge in [-0.2, -0.15) is 0 Å². The summed E-state index contributed by atoms with van der Waals surface area (Å²) in [5.74, 6) is 0. The van der Waals surface area contributed by atoms with Crippen molar-refractivity contribution in [2.75, 3.05) is 0 Å². The Kier molecular flexibility index (Phi) is 8.25. The topological polar surface area (TPSA) is 9.23 Å². The molecule has 0 radical (unpaired) electrons. The van der Waals surface area contributed by atoms with Gasteiger partial charge in [0.25, 0.3) is 0 Å². The van der Waals surface area contributed by atoms with Crippen molar-refractivity contribution in [2.24, 2.45) is 0 Å². The van der Waals surface area contributed by atoms with Crippen molar-refractivity contribution in [1.82, 2.24) is 0 Å². The van der Waals surface area contributed by atoms with E-state index >= 15 is 0 Å².